The monoisotopic (exact) mass is 153 g/mol. The number of hydrogen-bond acceptors (Lipinski definition) is 3. The summed E-state index contributed by atoms with van der Waals surface area (Å²) in [5.74, 6) is 0. The third kappa shape index (κ3) is 0.739. The Morgan fingerprint density at radius 3 is 3.45 bits per heavy atom. The van der Waals surface area contributed by atoms with Gasteiger partial charge in [0.05, 0.1) is 12.7 Å². The largest absolute Gasteiger partial charge is 0.340 e. The highest BCUT2D eigenvalue weighted by molar-refractivity contribution is 5.67. The summed E-state index contributed by atoms with van der Waals surface area (Å²) in [4.78, 5) is 10.3. The minimum Gasteiger partial charge on any atom is -0.340 e. The van der Waals surface area contributed by atoms with Gasteiger partial charge in [-0.3, -0.25) is 5.41 Å². The number of aromatic amines is 1. The zero-order chi connectivity index (χ0) is 10.3. The van der Waals surface area contributed by atoms with Crippen LogP contribution < -0.4 is 5.49 Å². The molecule has 0 aliphatic carbocycles. The van der Waals surface area contributed by atoms with Crippen molar-refractivity contribution in [3.8, 4) is 0 Å². The van der Waals surface area contributed by atoms with E-state index in [1.807, 2.05) is 0 Å². The van der Waals surface area contributed by atoms with Crippen LogP contribution in [0.1, 0.15) is 4.11 Å². The first-order chi connectivity index (χ1) is 6.50. The van der Waals surface area contributed by atoms with Crippen molar-refractivity contribution < 1.29 is 4.11 Å². The summed E-state index contributed by atoms with van der Waals surface area (Å²) in [6, 6.07) is 0. The number of rotatable bonds is 0. The van der Waals surface area contributed by atoms with Crippen LogP contribution in [0.3, 0.4) is 0 Å². The fourth-order valence-corrected chi connectivity index (χ4v) is 0.850. The molecule has 0 unspecified atom stereocenters. The minimum absolute atomic E-state index is 0.146. The molecule has 0 bridgehead atoms. The number of imidazole rings is 1. The number of hydrogen-bond donors (Lipinski definition) is 2. The van der Waals surface area contributed by atoms with Gasteiger partial charge in [-0.2, -0.15) is 0 Å². The summed E-state index contributed by atoms with van der Waals surface area (Å²) in [6.07, 6.45) is 2.47. The Hall–Kier alpha value is -1.65. The van der Waals surface area contributed by atoms with Crippen LogP contribution in [0.15, 0.2) is 12.7 Å². The molecule has 0 saturated carbocycles. The molecule has 11 heavy (non-hydrogen) atoms. The van der Waals surface area contributed by atoms with Crippen LogP contribution in [0.5, 0.6) is 0 Å². The van der Waals surface area contributed by atoms with Crippen molar-refractivity contribution in [2.75, 3.05) is 0 Å². The Labute approximate surface area is 66.5 Å². The molecule has 0 spiro atoms. The molecule has 0 aliphatic rings. The molecule has 0 amide bonds. The van der Waals surface area contributed by atoms with Crippen molar-refractivity contribution in [3.05, 3.63) is 18.1 Å². The molecular formula is C6H7N5. The number of aryl methyl sites for hydroxylation is 1. The van der Waals surface area contributed by atoms with Gasteiger partial charge in [0, 0.05) is 11.1 Å². The minimum atomic E-state index is -2.39. The fourth-order valence-electron chi connectivity index (χ4n) is 0.850. The molecule has 56 valence electrons. The zero-order valence-electron chi connectivity index (χ0n) is 8.50. The molecule has 5 nitrogen and oxygen atoms in total. The molecule has 5 heteroatoms. The van der Waals surface area contributed by atoms with E-state index in [-0.39, 0.29) is 5.49 Å². The lowest BCUT2D eigenvalue weighted by Gasteiger charge is -1.95. The van der Waals surface area contributed by atoms with Crippen molar-refractivity contribution in [1.29, 1.82) is 5.41 Å². The molecule has 0 radical (unpaired) electrons. The molecule has 2 aromatic rings. The van der Waals surface area contributed by atoms with E-state index in [1.165, 1.54) is 6.33 Å². The number of aromatic nitrogens is 4. The van der Waals surface area contributed by atoms with Crippen LogP contribution in [-0.4, -0.2) is 19.5 Å². The second kappa shape index (κ2) is 1.91. The molecule has 2 N–H and O–H groups in total. The quantitative estimate of drug-likeness (QED) is 0.513. The topological polar surface area (TPSA) is 70.3 Å². The van der Waals surface area contributed by atoms with E-state index in [0.717, 1.165) is 10.9 Å². The van der Waals surface area contributed by atoms with E-state index in [0.29, 0.717) is 11.2 Å². The number of nitrogens with zero attached hydrogens (tertiary/aromatic N) is 3. The van der Waals surface area contributed by atoms with Gasteiger partial charge in [0.25, 0.3) is 0 Å². The Balaban J connectivity index is 2.81. The molecule has 0 saturated heterocycles. The van der Waals surface area contributed by atoms with Crippen LogP contribution in [0.25, 0.3) is 11.2 Å². The van der Waals surface area contributed by atoms with Gasteiger partial charge in [0.1, 0.15) is 5.52 Å². The lowest BCUT2D eigenvalue weighted by Crippen LogP contribution is -2.17. The first-order valence-corrected chi connectivity index (χ1v) is 2.96. The second-order valence-corrected chi connectivity index (χ2v) is 2.06. The maximum Gasteiger partial charge on any atom is 0.182 e. The van der Waals surface area contributed by atoms with Gasteiger partial charge in [0.2, 0.25) is 0 Å². The summed E-state index contributed by atoms with van der Waals surface area (Å²) in [5, 5.41) is 7.60. The molecule has 2 heterocycles. The Bertz CT molecular complexity index is 522. The van der Waals surface area contributed by atoms with Crippen molar-refractivity contribution in [2.45, 2.75) is 0 Å². The Morgan fingerprint density at radius 1 is 1.73 bits per heavy atom. The van der Waals surface area contributed by atoms with Gasteiger partial charge in [-0.1, -0.05) is 0 Å². The summed E-state index contributed by atoms with van der Waals surface area (Å²) in [7, 11) is 0. The predicted octanol–water partition coefficient (Wildman–Crippen LogP) is -0.224. The molecule has 0 aliphatic heterocycles. The normalized spacial score (nSPS) is 15.8. The van der Waals surface area contributed by atoms with Gasteiger partial charge < -0.3 is 9.55 Å². The first kappa shape index (κ1) is 3.66. The number of fused-ring (bicyclic) bond motifs is 1. The van der Waals surface area contributed by atoms with Crippen LogP contribution in [0.4, 0.5) is 0 Å². The van der Waals surface area contributed by atoms with Crippen molar-refractivity contribution >= 4 is 11.2 Å². The second-order valence-electron chi connectivity index (χ2n) is 2.06. The van der Waals surface area contributed by atoms with Gasteiger partial charge in [0.15, 0.2) is 11.1 Å². The smallest absolute Gasteiger partial charge is 0.182 e. The molecule has 2 aromatic heterocycles. The average molecular weight is 153 g/mol. The molecular weight excluding hydrogens is 143 g/mol. The van der Waals surface area contributed by atoms with Crippen LogP contribution in [-0.2, 0) is 6.98 Å². The van der Waals surface area contributed by atoms with Gasteiger partial charge in [-0.15, -0.1) is 0 Å². The molecule has 0 aromatic carbocycles. The SMILES string of the molecule is [2H][13C]([2H])([2H])n1cnc2nc[nH]c2c1=N. The number of H-pyrrole nitrogens is 1. The fraction of sp³-hybridized carbons (Fsp3) is 0.167. The molecule has 2 rings (SSSR count). The van der Waals surface area contributed by atoms with E-state index in [1.54, 1.807) is 0 Å². The van der Waals surface area contributed by atoms with Crippen molar-refractivity contribution in [2.24, 2.45) is 6.98 Å². The van der Waals surface area contributed by atoms with Crippen LogP contribution >= 0.6 is 0 Å². The summed E-state index contributed by atoms with van der Waals surface area (Å²) >= 11 is 0. The van der Waals surface area contributed by atoms with Crippen LogP contribution in [0.2, 0.25) is 0 Å². The number of nitrogens with one attached hydrogen (secondary N) is 2. The van der Waals surface area contributed by atoms with Crippen molar-refractivity contribution in [3.63, 3.8) is 0 Å². The van der Waals surface area contributed by atoms with Gasteiger partial charge in [-0.25, -0.2) is 9.97 Å². The standard InChI is InChI=1S/C6H7N5/c1-11-3-10-6-4(5(11)7)8-2-9-6/h2-3,7H,1H3,(H,8,9)/i1+1D3. The molecule has 0 atom stereocenters. The van der Waals surface area contributed by atoms with Gasteiger partial charge in [-0.05, 0) is 0 Å². The summed E-state index contributed by atoms with van der Waals surface area (Å²) < 4.78 is 22.2. The average Bonchev–Trinajstić information content (AvgIpc) is 2.50. The Kier molecular flexibility index (Phi) is 0.637. The predicted molar refractivity (Wildman–Crippen MR) is 38.7 cm³/mol. The maximum atomic E-state index is 7.60. The van der Waals surface area contributed by atoms with Crippen LogP contribution in [0, 0.1) is 5.41 Å². The highest BCUT2D eigenvalue weighted by Crippen LogP contribution is 1.95. The maximum absolute atomic E-state index is 7.60. The summed E-state index contributed by atoms with van der Waals surface area (Å²) in [5.41, 5.74) is 0.520. The van der Waals surface area contributed by atoms with Crippen molar-refractivity contribution in [1.82, 2.24) is 19.5 Å². The van der Waals surface area contributed by atoms with E-state index < -0.39 is 6.98 Å². The first-order valence-electron chi connectivity index (χ1n) is 4.46. The van der Waals surface area contributed by atoms with Gasteiger partial charge >= 0.3 is 0 Å². The highest BCUT2D eigenvalue weighted by atomic mass is 15.1. The zero-order valence-corrected chi connectivity index (χ0v) is 5.50. The van der Waals surface area contributed by atoms with E-state index in [2.05, 4.69) is 15.0 Å². The lowest BCUT2D eigenvalue weighted by molar-refractivity contribution is 0.802. The van der Waals surface area contributed by atoms with E-state index in [9.17, 15) is 0 Å². The molecule has 0 fully saturated rings. The third-order valence-electron chi connectivity index (χ3n) is 1.39. The Morgan fingerprint density at radius 2 is 2.64 bits per heavy atom. The highest BCUT2D eigenvalue weighted by Gasteiger charge is 1.98. The van der Waals surface area contributed by atoms with E-state index in [4.69, 9.17) is 9.52 Å². The third-order valence-corrected chi connectivity index (χ3v) is 1.39. The van der Waals surface area contributed by atoms with E-state index >= 15 is 0 Å². The summed E-state index contributed by atoms with van der Waals surface area (Å²) in [6.45, 7) is -2.39. The lowest BCUT2D eigenvalue weighted by atomic mass is 10.5.